The first-order chi connectivity index (χ1) is 10.7. The van der Waals surface area contributed by atoms with Crippen LogP contribution in [0.3, 0.4) is 0 Å². The molecule has 0 radical (unpaired) electrons. The Morgan fingerprint density at radius 3 is 2.32 bits per heavy atom. The van der Waals surface area contributed by atoms with E-state index in [0.717, 1.165) is 19.3 Å². The molecule has 0 saturated heterocycles. The molecule has 1 aliphatic rings. The van der Waals surface area contributed by atoms with E-state index < -0.39 is 20.8 Å². The van der Waals surface area contributed by atoms with Gasteiger partial charge in [0.25, 0.3) is 0 Å². The van der Waals surface area contributed by atoms with Gasteiger partial charge in [-0.05, 0) is 60.9 Å². The van der Waals surface area contributed by atoms with Gasteiger partial charge in [-0.15, -0.1) is 0 Å². The number of halogens is 2. The first-order valence-electron chi connectivity index (χ1n) is 7.44. The SMILES string of the molecule is CC1=Cc2c(CCc3ccccc3)ccc(C)c2C1.[Cl][Zr][Cl]. The molecule has 0 nitrogen and oxygen atoms in total. The second-order valence-electron chi connectivity index (χ2n) is 5.66. The van der Waals surface area contributed by atoms with Crippen molar-refractivity contribution in [3.63, 3.8) is 0 Å². The minimum absolute atomic E-state index is 0.826. The van der Waals surface area contributed by atoms with Crippen LogP contribution in [0.2, 0.25) is 0 Å². The Labute approximate surface area is 152 Å². The number of hydrogen-bond donors (Lipinski definition) is 0. The molecule has 3 heteroatoms. The summed E-state index contributed by atoms with van der Waals surface area (Å²) in [6.45, 7) is 4.46. The van der Waals surface area contributed by atoms with E-state index in [1.54, 1.807) is 5.56 Å². The molecule has 0 atom stereocenters. The summed E-state index contributed by atoms with van der Waals surface area (Å²) in [6.07, 6.45) is 5.78. The zero-order valence-corrected chi connectivity index (χ0v) is 17.0. The van der Waals surface area contributed by atoms with Crippen LogP contribution < -0.4 is 0 Å². The summed E-state index contributed by atoms with van der Waals surface area (Å²) in [5.74, 6) is 0. The third-order valence-electron chi connectivity index (χ3n) is 4.05. The summed E-state index contributed by atoms with van der Waals surface area (Å²) in [5.41, 5.74) is 8.89. The second kappa shape index (κ2) is 9.06. The molecule has 3 rings (SSSR count). The number of fused-ring (bicyclic) bond motifs is 1. The molecule has 0 unspecified atom stereocenters. The van der Waals surface area contributed by atoms with Gasteiger partial charge in [0.15, 0.2) is 0 Å². The predicted octanol–water partition coefficient (Wildman–Crippen LogP) is 6.12. The number of aryl methyl sites for hydroxylation is 3. The van der Waals surface area contributed by atoms with Crippen LogP contribution in [0.15, 0.2) is 48.0 Å². The Balaban J connectivity index is 0.000000545. The van der Waals surface area contributed by atoms with Gasteiger partial charge in [0, 0.05) is 0 Å². The fraction of sp³-hybridized carbons (Fsp3) is 0.263. The van der Waals surface area contributed by atoms with Crippen molar-refractivity contribution in [2.45, 2.75) is 33.1 Å². The van der Waals surface area contributed by atoms with Gasteiger partial charge in [-0.25, -0.2) is 0 Å². The molecule has 1 aliphatic carbocycles. The van der Waals surface area contributed by atoms with Crippen LogP contribution in [0.1, 0.15) is 34.7 Å². The second-order valence-corrected chi connectivity index (χ2v) is 9.39. The molecule has 0 spiro atoms. The van der Waals surface area contributed by atoms with Gasteiger partial charge in [0.05, 0.1) is 0 Å². The van der Waals surface area contributed by atoms with Crippen LogP contribution in [0, 0.1) is 6.92 Å². The molecular formula is C19H20Cl2Zr. The van der Waals surface area contributed by atoms with Crippen molar-refractivity contribution >= 4 is 23.1 Å². The van der Waals surface area contributed by atoms with E-state index in [2.05, 4.69) is 62.4 Å². The summed E-state index contributed by atoms with van der Waals surface area (Å²) in [7, 11) is 9.87. The molecule has 0 aromatic heterocycles. The van der Waals surface area contributed by atoms with Crippen LogP contribution >= 0.6 is 17.0 Å². The zero-order chi connectivity index (χ0) is 15.9. The third-order valence-corrected chi connectivity index (χ3v) is 4.05. The molecule has 114 valence electrons. The number of rotatable bonds is 3. The topological polar surface area (TPSA) is 0 Å². The molecule has 0 fully saturated rings. The monoisotopic (exact) mass is 408 g/mol. The molecule has 0 amide bonds. The quantitative estimate of drug-likeness (QED) is 0.572. The van der Waals surface area contributed by atoms with Gasteiger partial charge in [-0.2, -0.15) is 0 Å². The predicted molar refractivity (Wildman–Crippen MR) is 94.1 cm³/mol. The van der Waals surface area contributed by atoms with E-state index in [1.165, 1.54) is 27.8 Å². The molecule has 0 N–H and O–H groups in total. The average molecular weight is 410 g/mol. The van der Waals surface area contributed by atoms with E-state index in [4.69, 9.17) is 17.0 Å². The molecule has 0 heterocycles. The number of hydrogen-bond acceptors (Lipinski definition) is 0. The Hall–Kier alpha value is -0.357. The number of allylic oxidation sites excluding steroid dienone is 1. The Morgan fingerprint density at radius 1 is 0.955 bits per heavy atom. The van der Waals surface area contributed by atoms with Crippen molar-refractivity contribution < 1.29 is 20.8 Å². The van der Waals surface area contributed by atoms with Crippen molar-refractivity contribution in [1.82, 2.24) is 0 Å². The first-order valence-corrected chi connectivity index (χ1v) is 13.8. The van der Waals surface area contributed by atoms with Crippen molar-refractivity contribution in [2.24, 2.45) is 0 Å². The van der Waals surface area contributed by atoms with Gasteiger partial charge in [-0.3, -0.25) is 0 Å². The van der Waals surface area contributed by atoms with E-state index in [1.807, 2.05) is 0 Å². The van der Waals surface area contributed by atoms with Gasteiger partial charge >= 0.3 is 37.9 Å². The fourth-order valence-corrected chi connectivity index (χ4v) is 2.95. The van der Waals surface area contributed by atoms with E-state index >= 15 is 0 Å². The van der Waals surface area contributed by atoms with Crippen molar-refractivity contribution in [1.29, 1.82) is 0 Å². The fourth-order valence-electron chi connectivity index (χ4n) is 2.95. The average Bonchev–Trinajstić information content (AvgIpc) is 2.91. The molecular weight excluding hydrogens is 390 g/mol. The molecule has 0 saturated carbocycles. The van der Waals surface area contributed by atoms with Crippen LogP contribution in [0.4, 0.5) is 0 Å². The summed E-state index contributed by atoms with van der Waals surface area (Å²) >= 11 is -0.826. The van der Waals surface area contributed by atoms with E-state index in [0.29, 0.717) is 0 Å². The molecule has 2 aromatic rings. The summed E-state index contributed by atoms with van der Waals surface area (Å²) in [4.78, 5) is 0. The maximum atomic E-state index is 4.93. The summed E-state index contributed by atoms with van der Waals surface area (Å²) < 4.78 is 0. The van der Waals surface area contributed by atoms with Crippen LogP contribution in [0.25, 0.3) is 6.08 Å². The molecule has 0 aliphatic heterocycles. The summed E-state index contributed by atoms with van der Waals surface area (Å²) in [6, 6.07) is 15.4. The van der Waals surface area contributed by atoms with Crippen LogP contribution in [-0.2, 0) is 40.1 Å². The van der Waals surface area contributed by atoms with E-state index in [9.17, 15) is 0 Å². The Bertz CT molecular complexity index is 648. The molecule has 0 bridgehead atoms. The first kappa shape index (κ1) is 18.0. The summed E-state index contributed by atoms with van der Waals surface area (Å²) in [5, 5.41) is 0. The van der Waals surface area contributed by atoms with Crippen LogP contribution in [-0.4, -0.2) is 0 Å². The van der Waals surface area contributed by atoms with Gasteiger partial charge < -0.3 is 0 Å². The maximum absolute atomic E-state index is 4.93. The standard InChI is InChI=1S/C19H20.2ClH.Zr/c1-14-12-18-15(2)8-10-17(19(18)13-14)11-9-16-6-4-3-5-7-16;;;/h3-8,10,13H,9,11-12H2,1-2H3;2*1H;/q;;;+2/p-2. The third kappa shape index (κ3) is 4.82. The van der Waals surface area contributed by atoms with Crippen LogP contribution in [0.5, 0.6) is 0 Å². The molecule has 2 aromatic carbocycles. The normalized spacial score (nSPS) is 12.1. The van der Waals surface area contributed by atoms with Crippen molar-refractivity contribution in [3.05, 3.63) is 75.9 Å². The molecule has 22 heavy (non-hydrogen) atoms. The Kier molecular flexibility index (Phi) is 7.41. The van der Waals surface area contributed by atoms with Crippen molar-refractivity contribution in [3.8, 4) is 0 Å². The van der Waals surface area contributed by atoms with Crippen molar-refractivity contribution in [2.75, 3.05) is 0 Å². The minimum atomic E-state index is -0.826. The Morgan fingerprint density at radius 2 is 1.64 bits per heavy atom. The van der Waals surface area contributed by atoms with Gasteiger partial charge in [-0.1, -0.05) is 54.1 Å². The zero-order valence-electron chi connectivity index (χ0n) is 13.0. The van der Waals surface area contributed by atoms with Gasteiger partial charge in [0.2, 0.25) is 0 Å². The van der Waals surface area contributed by atoms with Gasteiger partial charge in [0.1, 0.15) is 0 Å². The van der Waals surface area contributed by atoms with E-state index in [-0.39, 0.29) is 0 Å². The number of benzene rings is 2.